The minimum Gasteiger partial charge on any atom is -0.457 e. The van der Waals surface area contributed by atoms with Gasteiger partial charge in [0.15, 0.2) is 0 Å². The van der Waals surface area contributed by atoms with Crippen LogP contribution in [0, 0.1) is 11.3 Å². The van der Waals surface area contributed by atoms with Gasteiger partial charge in [0.1, 0.15) is 11.5 Å². The van der Waals surface area contributed by atoms with Gasteiger partial charge in [0.05, 0.1) is 6.07 Å². The molecule has 96 valence electrons. The molecule has 19 heavy (non-hydrogen) atoms. The lowest BCUT2D eigenvalue weighted by molar-refractivity contribution is 0.481. The fraction of sp³-hybridized carbons (Fsp3) is 0.188. The summed E-state index contributed by atoms with van der Waals surface area (Å²) in [5.41, 5.74) is 1.14. The summed E-state index contributed by atoms with van der Waals surface area (Å²) in [5.74, 6) is 1.66. The summed E-state index contributed by atoms with van der Waals surface area (Å²) < 4.78 is 5.77. The Morgan fingerprint density at radius 1 is 1.00 bits per heavy atom. The molecule has 0 bridgehead atoms. The van der Waals surface area contributed by atoms with Gasteiger partial charge in [-0.1, -0.05) is 30.3 Å². The number of nitrogens with zero attached hydrogens (tertiary/aromatic N) is 1. The molecule has 0 heterocycles. The number of hydrogen-bond donors (Lipinski definition) is 1. The summed E-state index contributed by atoms with van der Waals surface area (Å²) >= 11 is 0. The van der Waals surface area contributed by atoms with Crippen molar-refractivity contribution in [2.24, 2.45) is 0 Å². The summed E-state index contributed by atoms with van der Waals surface area (Å²) in [5, 5.41) is 11.7. The number of benzene rings is 2. The van der Waals surface area contributed by atoms with Crippen LogP contribution < -0.4 is 10.1 Å². The van der Waals surface area contributed by atoms with Crippen LogP contribution in [0.4, 0.5) is 0 Å². The molecule has 1 N–H and O–H groups in total. The van der Waals surface area contributed by atoms with E-state index in [1.54, 1.807) is 0 Å². The Kier molecular flexibility index (Phi) is 4.97. The van der Waals surface area contributed by atoms with Crippen LogP contribution >= 0.6 is 0 Å². The second-order valence-corrected chi connectivity index (χ2v) is 4.15. The lowest BCUT2D eigenvalue weighted by Crippen LogP contribution is -2.13. The lowest BCUT2D eigenvalue weighted by Gasteiger charge is -2.08. The number of para-hydroxylation sites is 1. The highest BCUT2D eigenvalue weighted by atomic mass is 16.5. The van der Waals surface area contributed by atoms with Gasteiger partial charge in [-0.25, -0.2) is 0 Å². The third-order valence-corrected chi connectivity index (χ3v) is 2.62. The molecular formula is C16H16N2O. The largest absolute Gasteiger partial charge is 0.457 e. The molecule has 0 aliphatic rings. The maximum absolute atomic E-state index is 8.46. The lowest BCUT2D eigenvalue weighted by atomic mass is 10.2. The Labute approximate surface area is 113 Å². The molecule has 0 fully saturated rings. The van der Waals surface area contributed by atoms with Crippen LogP contribution in [0.3, 0.4) is 0 Å². The molecule has 0 atom stereocenters. The molecule has 2 aromatic carbocycles. The van der Waals surface area contributed by atoms with Gasteiger partial charge in [-0.05, 0) is 29.8 Å². The first-order valence-electron chi connectivity index (χ1n) is 6.28. The van der Waals surface area contributed by atoms with Gasteiger partial charge in [0.2, 0.25) is 0 Å². The van der Waals surface area contributed by atoms with Crippen molar-refractivity contribution >= 4 is 0 Å². The van der Waals surface area contributed by atoms with Crippen molar-refractivity contribution in [3.05, 3.63) is 60.2 Å². The third kappa shape index (κ3) is 4.46. The molecule has 0 aliphatic heterocycles. The van der Waals surface area contributed by atoms with Crippen LogP contribution in [-0.2, 0) is 6.54 Å². The highest BCUT2D eigenvalue weighted by molar-refractivity contribution is 5.33. The van der Waals surface area contributed by atoms with Gasteiger partial charge < -0.3 is 10.1 Å². The summed E-state index contributed by atoms with van der Waals surface area (Å²) in [6.45, 7) is 1.45. The van der Waals surface area contributed by atoms with Crippen molar-refractivity contribution in [1.82, 2.24) is 5.32 Å². The van der Waals surface area contributed by atoms with Crippen molar-refractivity contribution in [3.63, 3.8) is 0 Å². The van der Waals surface area contributed by atoms with Gasteiger partial charge in [0.25, 0.3) is 0 Å². The van der Waals surface area contributed by atoms with Crippen LogP contribution in [0.2, 0.25) is 0 Å². The second kappa shape index (κ2) is 7.20. The number of hydrogen-bond acceptors (Lipinski definition) is 3. The Hall–Kier alpha value is -2.31. The number of nitriles is 1. The monoisotopic (exact) mass is 252 g/mol. The quantitative estimate of drug-likeness (QED) is 0.800. The van der Waals surface area contributed by atoms with Gasteiger partial charge in [-0.2, -0.15) is 5.26 Å². The molecule has 0 radical (unpaired) electrons. The molecule has 0 saturated carbocycles. The van der Waals surface area contributed by atoms with E-state index in [0.29, 0.717) is 13.0 Å². The smallest absolute Gasteiger partial charge is 0.127 e. The molecule has 0 unspecified atom stereocenters. The van der Waals surface area contributed by atoms with Crippen molar-refractivity contribution in [3.8, 4) is 17.6 Å². The van der Waals surface area contributed by atoms with Gasteiger partial charge in [0, 0.05) is 19.5 Å². The molecule has 3 heteroatoms. The maximum Gasteiger partial charge on any atom is 0.127 e. The van der Waals surface area contributed by atoms with Gasteiger partial charge >= 0.3 is 0 Å². The Bertz CT molecular complexity index is 546. The zero-order valence-corrected chi connectivity index (χ0v) is 10.7. The van der Waals surface area contributed by atoms with E-state index in [1.807, 2.05) is 54.6 Å². The summed E-state index contributed by atoms with van der Waals surface area (Å²) in [6, 6.07) is 19.8. The van der Waals surface area contributed by atoms with E-state index in [2.05, 4.69) is 11.4 Å². The topological polar surface area (TPSA) is 45.0 Å². The van der Waals surface area contributed by atoms with Crippen LogP contribution in [-0.4, -0.2) is 6.54 Å². The summed E-state index contributed by atoms with van der Waals surface area (Å²) in [7, 11) is 0. The van der Waals surface area contributed by atoms with Crippen LogP contribution in [0.1, 0.15) is 12.0 Å². The molecule has 2 rings (SSSR count). The summed E-state index contributed by atoms with van der Waals surface area (Å²) in [6.07, 6.45) is 0.528. The van der Waals surface area contributed by atoms with E-state index >= 15 is 0 Å². The van der Waals surface area contributed by atoms with E-state index in [9.17, 15) is 0 Å². The first-order chi connectivity index (χ1) is 9.38. The first-order valence-corrected chi connectivity index (χ1v) is 6.28. The molecule has 3 nitrogen and oxygen atoms in total. The minimum absolute atomic E-state index is 0.528. The fourth-order valence-electron chi connectivity index (χ4n) is 1.72. The Morgan fingerprint density at radius 2 is 1.79 bits per heavy atom. The highest BCUT2D eigenvalue weighted by Crippen LogP contribution is 2.21. The van der Waals surface area contributed by atoms with E-state index in [0.717, 1.165) is 23.6 Å². The van der Waals surface area contributed by atoms with E-state index in [4.69, 9.17) is 10.00 Å². The van der Waals surface area contributed by atoms with Crippen LogP contribution in [0.25, 0.3) is 0 Å². The molecule has 0 aromatic heterocycles. The SMILES string of the molecule is N#CCCNCc1cccc(Oc2ccccc2)c1. The normalized spacial score (nSPS) is 9.84. The van der Waals surface area contributed by atoms with Crippen molar-refractivity contribution in [2.45, 2.75) is 13.0 Å². The molecule has 2 aromatic rings. The zero-order valence-electron chi connectivity index (χ0n) is 10.7. The van der Waals surface area contributed by atoms with Crippen molar-refractivity contribution < 1.29 is 4.74 Å². The number of nitrogens with one attached hydrogen (secondary N) is 1. The molecule has 0 amide bonds. The molecule has 0 spiro atoms. The first kappa shape index (κ1) is 13.1. The third-order valence-electron chi connectivity index (χ3n) is 2.62. The Balaban J connectivity index is 1.94. The fourth-order valence-corrected chi connectivity index (χ4v) is 1.72. The van der Waals surface area contributed by atoms with Crippen molar-refractivity contribution in [1.29, 1.82) is 5.26 Å². The second-order valence-electron chi connectivity index (χ2n) is 4.15. The maximum atomic E-state index is 8.46. The van der Waals surface area contributed by atoms with Crippen LogP contribution in [0.15, 0.2) is 54.6 Å². The predicted octanol–water partition coefficient (Wildman–Crippen LogP) is 3.48. The molecule has 0 aliphatic carbocycles. The Morgan fingerprint density at radius 3 is 2.58 bits per heavy atom. The molecular weight excluding hydrogens is 236 g/mol. The number of rotatable bonds is 6. The average molecular weight is 252 g/mol. The van der Waals surface area contributed by atoms with E-state index < -0.39 is 0 Å². The van der Waals surface area contributed by atoms with E-state index in [1.165, 1.54) is 0 Å². The molecule has 0 saturated heterocycles. The predicted molar refractivity (Wildman–Crippen MR) is 74.9 cm³/mol. The van der Waals surface area contributed by atoms with Crippen molar-refractivity contribution in [2.75, 3.05) is 6.54 Å². The van der Waals surface area contributed by atoms with Gasteiger partial charge in [-0.15, -0.1) is 0 Å². The van der Waals surface area contributed by atoms with E-state index in [-0.39, 0.29) is 0 Å². The zero-order chi connectivity index (χ0) is 13.3. The highest BCUT2D eigenvalue weighted by Gasteiger charge is 1.98. The van der Waals surface area contributed by atoms with Crippen LogP contribution in [0.5, 0.6) is 11.5 Å². The van der Waals surface area contributed by atoms with Gasteiger partial charge in [-0.3, -0.25) is 0 Å². The summed E-state index contributed by atoms with van der Waals surface area (Å²) in [4.78, 5) is 0. The number of ether oxygens (including phenoxy) is 1. The average Bonchev–Trinajstić information content (AvgIpc) is 2.45. The minimum atomic E-state index is 0.528. The standard InChI is InChI=1S/C16H16N2O/c17-10-5-11-18-13-14-6-4-9-16(12-14)19-15-7-2-1-3-8-15/h1-4,6-9,12,18H,5,11,13H2.